The summed E-state index contributed by atoms with van der Waals surface area (Å²) in [6.45, 7) is -0.247. The molecule has 0 heterocycles. The second kappa shape index (κ2) is 7.41. The second-order valence-electron chi connectivity index (χ2n) is 3.96. The number of hydrogen-bond donors (Lipinski definition) is 3. The van der Waals surface area contributed by atoms with Crippen molar-refractivity contribution in [3.8, 4) is 5.75 Å². The zero-order valence-corrected chi connectivity index (χ0v) is 14.0. The SMILES string of the molecule is COc1c(Br)cc(Cl)cc1S(=O)(=O)NCCC(O)C(=O)O. The predicted octanol–water partition coefficient (Wildman–Crippen LogP) is 1.22. The smallest absolute Gasteiger partial charge is 0.332 e. The number of carboxylic acids is 1. The molecule has 1 unspecified atom stereocenters. The monoisotopic (exact) mass is 401 g/mol. The van der Waals surface area contributed by atoms with Crippen molar-refractivity contribution in [2.45, 2.75) is 17.4 Å². The zero-order chi connectivity index (χ0) is 16.2. The maximum absolute atomic E-state index is 12.2. The average Bonchev–Trinajstić information content (AvgIpc) is 2.37. The first-order valence-corrected chi connectivity index (χ1v) is 8.28. The van der Waals surface area contributed by atoms with Gasteiger partial charge in [0.25, 0.3) is 0 Å². The van der Waals surface area contributed by atoms with E-state index in [4.69, 9.17) is 26.6 Å². The lowest BCUT2D eigenvalue weighted by atomic mass is 10.3. The fraction of sp³-hybridized carbons (Fsp3) is 0.364. The van der Waals surface area contributed by atoms with Crippen LogP contribution >= 0.6 is 27.5 Å². The molecule has 0 aromatic heterocycles. The largest absolute Gasteiger partial charge is 0.494 e. The topological polar surface area (TPSA) is 113 Å². The van der Waals surface area contributed by atoms with Crippen LogP contribution in [0.3, 0.4) is 0 Å². The standard InChI is InChI=1S/C11H13BrClNO6S/c1-20-10-7(12)4-6(13)5-9(10)21(18,19)14-3-2-8(15)11(16)17/h4-5,8,14-15H,2-3H2,1H3,(H,16,17). The Balaban J connectivity index is 2.96. The Labute approximate surface area is 135 Å². The molecule has 0 radical (unpaired) electrons. The van der Waals surface area contributed by atoms with Crippen LogP contribution in [0.1, 0.15) is 6.42 Å². The molecule has 1 aromatic carbocycles. The molecular formula is C11H13BrClNO6S. The molecule has 0 aliphatic carbocycles. The summed E-state index contributed by atoms with van der Waals surface area (Å²) in [7, 11) is -2.66. The number of aliphatic hydroxyl groups is 1. The molecule has 0 bridgehead atoms. The third-order valence-electron chi connectivity index (χ3n) is 2.46. The highest BCUT2D eigenvalue weighted by molar-refractivity contribution is 9.10. The molecule has 21 heavy (non-hydrogen) atoms. The van der Waals surface area contributed by atoms with Crippen LogP contribution in [0.4, 0.5) is 0 Å². The molecule has 0 aliphatic rings. The molecule has 118 valence electrons. The van der Waals surface area contributed by atoms with E-state index in [1.54, 1.807) is 0 Å². The van der Waals surface area contributed by atoms with E-state index in [1.165, 1.54) is 19.2 Å². The third kappa shape index (κ3) is 4.82. The maximum atomic E-state index is 12.2. The van der Waals surface area contributed by atoms with Gasteiger partial charge in [-0.2, -0.15) is 0 Å². The summed E-state index contributed by atoms with van der Waals surface area (Å²) >= 11 is 8.96. The molecule has 0 saturated carbocycles. The van der Waals surface area contributed by atoms with Crippen molar-refractivity contribution in [2.75, 3.05) is 13.7 Å². The van der Waals surface area contributed by atoms with Crippen LogP contribution in [0.15, 0.2) is 21.5 Å². The number of hydrogen-bond acceptors (Lipinski definition) is 5. The highest BCUT2D eigenvalue weighted by atomic mass is 79.9. The second-order valence-corrected chi connectivity index (χ2v) is 6.99. The number of nitrogens with one attached hydrogen (secondary N) is 1. The van der Waals surface area contributed by atoms with E-state index in [0.29, 0.717) is 4.47 Å². The van der Waals surface area contributed by atoms with Crippen LogP contribution in [0, 0.1) is 0 Å². The van der Waals surface area contributed by atoms with E-state index in [9.17, 15) is 13.2 Å². The molecule has 3 N–H and O–H groups in total. The fourth-order valence-corrected chi connectivity index (χ4v) is 3.90. The van der Waals surface area contributed by atoms with E-state index in [2.05, 4.69) is 20.7 Å². The summed E-state index contributed by atoms with van der Waals surface area (Å²) in [5.74, 6) is -1.34. The van der Waals surface area contributed by atoms with Gasteiger partial charge in [0.2, 0.25) is 10.0 Å². The Morgan fingerprint density at radius 2 is 2.14 bits per heavy atom. The lowest BCUT2D eigenvalue weighted by Gasteiger charge is -2.13. The van der Waals surface area contributed by atoms with Gasteiger partial charge in [0.1, 0.15) is 4.90 Å². The van der Waals surface area contributed by atoms with Crippen LogP contribution in [0.5, 0.6) is 5.75 Å². The van der Waals surface area contributed by atoms with Gasteiger partial charge in [-0.1, -0.05) is 11.6 Å². The van der Waals surface area contributed by atoms with E-state index in [-0.39, 0.29) is 28.6 Å². The van der Waals surface area contributed by atoms with Gasteiger partial charge < -0.3 is 14.9 Å². The van der Waals surface area contributed by atoms with Crippen LogP contribution in [-0.4, -0.2) is 44.4 Å². The molecule has 1 aromatic rings. The van der Waals surface area contributed by atoms with Crippen LogP contribution in [0.25, 0.3) is 0 Å². The van der Waals surface area contributed by atoms with Crippen LogP contribution in [-0.2, 0) is 14.8 Å². The van der Waals surface area contributed by atoms with E-state index >= 15 is 0 Å². The minimum absolute atomic E-state index is 0.0747. The van der Waals surface area contributed by atoms with Gasteiger partial charge in [0.05, 0.1) is 11.6 Å². The molecule has 0 saturated heterocycles. The summed E-state index contributed by atoms with van der Waals surface area (Å²) in [5, 5.41) is 17.8. The third-order valence-corrected chi connectivity index (χ3v) is 4.74. The van der Waals surface area contributed by atoms with Gasteiger partial charge >= 0.3 is 5.97 Å². The van der Waals surface area contributed by atoms with Crippen molar-refractivity contribution in [2.24, 2.45) is 0 Å². The van der Waals surface area contributed by atoms with Crippen molar-refractivity contribution in [3.63, 3.8) is 0 Å². The summed E-state index contributed by atoms with van der Waals surface area (Å²) in [6.07, 6.45) is -1.90. The Morgan fingerprint density at radius 1 is 1.52 bits per heavy atom. The number of carboxylic acid groups (broad SMARTS) is 1. The van der Waals surface area contributed by atoms with Crippen molar-refractivity contribution in [1.82, 2.24) is 4.72 Å². The first-order chi connectivity index (χ1) is 9.69. The van der Waals surface area contributed by atoms with Gasteiger partial charge in [0.15, 0.2) is 11.9 Å². The van der Waals surface area contributed by atoms with E-state index < -0.39 is 22.1 Å². The van der Waals surface area contributed by atoms with Crippen molar-refractivity contribution in [3.05, 3.63) is 21.6 Å². The Kier molecular flexibility index (Phi) is 6.41. The van der Waals surface area contributed by atoms with E-state index in [0.717, 1.165) is 0 Å². The van der Waals surface area contributed by atoms with Crippen LogP contribution < -0.4 is 9.46 Å². The van der Waals surface area contributed by atoms with Crippen molar-refractivity contribution < 1.29 is 28.2 Å². The maximum Gasteiger partial charge on any atom is 0.332 e. The van der Waals surface area contributed by atoms with Gasteiger partial charge in [-0.3, -0.25) is 0 Å². The number of benzene rings is 1. The fourth-order valence-electron chi connectivity index (χ4n) is 1.47. The molecule has 0 aliphatic heterocycles. The first-order valence-electron chi connectivity index (χ1n) is 5.62. The number of ether oxygens (including phenoxy) is 1. The number of methoxy groups -OCH3 is 1. The van der Waals surface area contributed by atoms with Gasteiger partial charge in [-0.05, 0) is 34.5 Å². The highest BCUT2D eigenvalue weighted by Crippen LogP contribution is 2.35. The summed E-state index contributed by atoms with van der Waals surface area (Å²) in [4.78, 5) is 10.3. The summed E-state index contributed by atoms with van der Waals surface area (Å²) in [6, 6.07) is 2.69. The molecule has 10 heteroatoms. The molecule has 1 rings (SSSR count). The number of aliphatic carboxylic acids is 1. The Hall–Kier alpha value is -0.870. The van der Waals surface area contributed by atoms with Crippen LogP contribution in [0.2, 0.25) is 5.02 Å². The Morgan fingerprint density at radius 3 is 2.67 bits per heavy atom. The van der Waals surface area contributed by atoms with Crippen molar-refractivity contribution >= 4 is 43.5 Å². The minimum atomic E-state index is -3.96. The predicted molar refractivity (Wildman–Crippen MR) is 79.2 cm³/mol. The summed E-state index contributed by atoms with van der Waals surface area (Å²) < 4.78 is 31.9. The molecular weight excluding hydrogens is 390 g/mol. The van der Waals surface area contributed by atoms with Crippen molar-refractivity contribution in [1.29, 1.82) is 0 Å². The number of halogens is 2. The zero-order valence-electron chi connectivity index (χ0n) is 10.8. The first kappa shape index (κ1) is 18.2. The molecule has 7 nitrogen and oxygen atoms in total. The molecule has 0 fully saturated rings. The molecule has 0 spiro atoms. The number of aliphatic hydroxyl groups excluding tert-OH is 1. The van der Waals surface area contributed by atoms with E-state index in [1.807, 2.05) is 0 Å². The normalized spacial score (nSPS) is 13.0. The molecule has 1 atom stereocenters. The van der Waals surface area contributed by atoms with Gasteiger partial charge in [-0.25, -0.2) is 17.9 Å². The van der Waals surface area contributed by atoms with Gasteiger partial charge in [-0.15, -0.1) is 0 Å². The number of rotatable bonds is 7. The quantitative estimate of drug-likeness (QED) is 0.632. The number of carbonyl (C=O) groups is 1. The lowest BCUT2D eigenvalue weighted by Crippen LogP contribution is -2.30. The Bertz CT molecular complexity index is 636. The molecule has 0 amide bonds. The number of sulfonamides is 1. The lowest BCUT2D eigenvalue weighted by molar-refractivity contribution is -0.146. The van der Waals surface area contributed by atoms with Gasteiger partial charge in [0, 0.05) is 11.6 Å². The average molecular weight is 403 g/mol. The minimum Gasteiger partial charge on any atom is -0.494 e. The highest BCUT2D eigenvalue weighted by Gasteiger charge is 2.23. The summed E-state index contributed by atoms with van der Waals surface area (Å²) in [5.41, 5.74) is 0.